The van der Waals surface area contributed by atoms with Gasteiger partial charge < -0.3 is 9.64 Å². The summed E-state index contributed by atoms with van der Waals surface area (Å²) in [7, 11) is 0. The number of benzene rings is 1. The standard InChI is InChI=1S/C16H22ClNO2/c1-2-20-15-10-6-3-7-13(15)12-18(16(19)11-17)14-8-4-5-9-14/h3,6-7,10,14H,2,4-5,8-9,11-12H2,1H3. The number of carbonyl (C=O) groups excluding carboxylic acids is 1. The van der Waals surface area contributed by atoms with Gasteiger partial charge in [0.1, 0.15) is 11.6 Å². The molecular formula is C16H22ClNO2. The Kier molecular flexibility index (Phi) is 5.72. The van der Waals surface area contributed by atoms with Crippen molar-refractivity contribution in [1.82, 2.24) is 4.90 Å². The Morgan fingerprint density at radius 2 is 2.05 bits per heavy atom. The summed E-state index contributed by atoms with van der Waals surface area (Å²) in [5.74, 6) is 0.929. The van der Waals surface area contributed by atoms with Gasteiger partial charge in [0.15, 0.2) is 0 Å². The van der Waals surface area contributed by atoms with Crippen molar-refractivity contribution in [2.24, 2.45) is 0 Å². The number of nitrogens with zero attached hydrogens (tertiary/aromatic N) is 1. The average molecular weight is 296 g/mol. The van der Waals surface area contributed by atoms with Crippen LogP contribution in [0.5, 0.6) is 5.75 Å². The summed E-state index contributed by atoms with van der Waals surface area (Å²) < 4.78 is 5.64. The fourth-order valence-electron chi connectivity index (χ4n) is 2.83. The van der Waals surface area contributed by atoms with E-state index in [1.54, 1.807) is 0 Å². The zero-order chi connectivity index (χ0) is 14.4. The van der Waals surface area contributed by atoms with Gasteiger partial charge in [0.2, 0.25) is 5.91 Å². The van der Waals surface area contributed by atoms with Crippen molar-refractivity contribution in [3.63, 3.8) is 0 Å². The molecule has 0 unspecified atom stereocenters. The van der Waals surface area contributed by atoms with E-state index in [2.05, 4.69) is 0 Å². The number of halogens is 1. The van der Waals surface area contributed by atoms with E-state index in [9.17, 15) is 4.79 Å². The Labute approximate surface area is 125 Å². The van der Waals surface area contributed by atoms with E-state index in [1.807, 2.05) is 36.1 Å². The van der Waals surface area contributed by atoms with Crippen molar-refractivity contribution in [1.29, 1.82) is 0 Å². The Bertz CT molecular complexity index is 444. The zero-order valence-electron chi connectivity index (χ0n) is 12.0. The van der Waals surface area contributed by atoms with Gasteiger partial charge in [0, 0.05) is 18.2 Å². The molecule has 0 radical (unpaired) electrons. The van der Waals surface area contributed by atoms with Crippen LogP contribution >= 0.6 is 11.6 Å². The molecule has 0 saturated heterocycles. The molecule has 0 heterocycles. The molecule has 1 aliphatic carbocycles. The lowest BCUT2D eigenvalue weighted by molar-refractivity contribution is -0.131. The minimum Gasteiger partial charge on any atom is -0.494 e. The molecule has 3 nitrogen and oxygen atoms in total. The molecule has 0 aliphatic heterocycles. The van der Waals surface area contributed by atoms with Crippen LogP contribution in [0, 0.1) is 0 Å². The number of alkyl halides is 1. The molecule has 1 saturated carbocycles. The van der Waals surface area contributed by atoms with Crippen LogP contribution in [0.1, 0.15) is 38.2 Å². The number of amides is 1. The fraction of sp³-hybridized carbons (Fsp3) is 0.562. The largest absolute Gasteiger partial charge is 0.494 e. The zero-order valence-corrected chi connectivity index (χ0v) is 12.7. The first kappa shape index (κ1) is 15.2. The maximum atomic E-state index is 12.1. The van der Waals surface area contributed by atoms with Crippen LogP contribution in [0.4, 0.5) is 0 Å². The smallest absolute Gasteiger partial charge is 0.238 e. The van der Waals surface area contributed by atoms with Gasteiger partial charge in [0.25, 0.3) is 0 Å². The second-order valence-corrected chi connectivity index (χ2v) is 5.40. The summed E-state index contributed by atoms with van der Waals surface area (Å²) in [6.07, 6.45) is 4.56. The quantitative estimate of drug-likeness (QED) is 0.751. The lowest BCUT2D eigenvalue weighted by atomic mass is 10.1. The van der Waals surface area contributed by atoms with Gasteiger partial charge in [-0.3, -0.25) is 4.79 Å². The monoisotopic (exact) mass is 295 g/mol. The first-order valence-electron chi connectivity index (χ1n) is 7.32. The molecule has 110 valence electrons. The predicted molar refractivity (Wildman–Crippen MR) is 81.1 cm³/mol. The maximum Gasteiger partial charge on any atom is 0.238 e. The number of ether oxygens (including phenoxy) is 1. The molecular weight excluding hydrogens is 274 g/mol. The van der Waals surface area contributed by atoms with Gasteiger partial charge in [-0.25, -0.2) is 0 Å². The second kappa shape index (κ2) is 7.53. The number of hydrogen-bond acceptors (Lipinski definition) is 2. The van der Waals surface area contributed by atoms with E-state index in [0.717, 1.165) is 24.2 Å². The average Bonchev–Trinajstić information content (AvgIpc) is 3.00. The van der Waals surface area contributed by atoms with E-state index >= 15 is 0 Å². The Morgan fingerprint density at radius 1 is 1.35 bits per heavy atom. The molecule has 1 amide bonds. The molecule has 1 aliphatic rings. The van der Waals surface area contributed by atoms with Crippen molar-refractivity contribution < 1.29 is 9.53 Å². The summed E-state index contributed by atoms with van der Waals surface area (Å²) in [4.78, 5) is 14.1. The number of rotatable bonds is 6. The van der Waals surface area contributed by atoms with Crippen LogP contribution < -0.4 is 4.74 Å². The van der Waals surface area contributed by atoms with Gasteiger partial charge in [0.05, 0.1) is 6.61 Å². The molecule has 0 aromatic heterocycles. The van der Waals surface area contributed by atoms with Gasteiger partial charge >= 0.3 is 0 Å². The summed E-state index contributed by atoms with van der Waals surface area (Å²) in [6, 6.07) is 8.25. The summed E-state index contributed by atoms with van der Waals surface area (Å²) in [5.41, 5.74) is 1.06. The van der Waals surface area contributed by atoms with Crippen LogP contribution in [0.25, 0.3) is 0 Å². The number of carbonyl (C=O) groups is 1. The van der Waals surface area contributed by atoms with E-state index in [0.29, 0.717) is 19.2 Å². The highest BCUT2D eigenvalue weighted by atomic mass is 35.5. The fourth-order valence-corrected chi connectivity index (χ4v) is 2.98. The third-order valence-electron chi connectivity index (χ3n) is 3.81. The second-order valence-electron chi connectivity index (χ2n) is 5.13. The van der Waals surface area contributed by atoms with Crippen molar-refractivity contribution in [3.05, 3.63) is 29.8 Å². The van der Waals surface area contributed by atoms with Crippen LogP contribution in [-0.4, -0.2) is 29.3 Å². The summed E-state index contributed by atoms with van der Waals surface area (Å²) in [6.45, 7) is 3.19. The molecule has 4 heteroatoms. The number of hydrogen-bond donors (Lipinski definition) is 0. The number of para-hydroxylation sites is 1. The molecule has 0 atom stereocenters. The summed E-state index contributed by atoms with van der Waals surface area (Å²) in [5, 5.41) is 0. The van der Waals surface area contributed by atoms with E-state index in [1.165, 1.54) is 12.8 Å². The van der Waals surface area contributed by atoms with E-state index < -0.39 is 0 Å². The first-order chi connectivity index (χ1) is 9.76. The van der Waals surface area contributed by atoms with Crippen molar-refractivity contribution >= 4 is 17.5 Å². The third kappa shape index (κ3) is 3.66. The van der Waals surface area contributed by atoms with E-state index in [-0.39, 0.29) is 11.8 Å². The van der Waals surface area contributed by atoms with Crippen molar-refractivity contribution in [2.45, 2.75) is 45.2 Å². The van der Waals surface area contributed by atoms with Crippen LogP contribution in [0.2, 0.25) is 0 Å². The molecule has 1 aromatic rings. The molecule has 2 rings (SSSR count). The maximum absolute atomic E-state index is 12.1. The predicted octanol–water partition coefficient (Wildman–Crippen LogP) is 3.60. The topological polar surface area (TPSA) is 29.5 Å². The molecule has 1 fully saturated rings. The molecule has 0 N–H and O–H groups in total. The van der Waals surface area contributed by atoms with E-state index in [4.69, 9.17) is 16.3 Å². The lowest BCUT2D eigenvalue weighted by Gasteiger charge is -2.29. The molecule has 20 heavy (non-hydrogen) atoms. The van der Waals surface area contributed by atoms with Crippen LogP contribution in [0.3, 0.4) is 0 Å². The molecule has 0 spiro atoms. The van der Waals surface area contributed by atoms with Gasteiger partial charge in [-0.15, -0.1) is 11.6 Å². The Balaban J connectivity index is 2.16. The van der Waals surface area contributed by atoms with Gasteiger partial charge in [-0.2, -0.15) is 0 Å². The SMILES string of the molecule is CCOc1ccccc1CN(C(=O)CCl)C1CCCC1. The first-order valence-corrected chi connectivity index (χ1v) is 7.85. The van der Waals surface area contributed by atoms with Crippen LogP contribution in [-0.2, 0) is 11.3 Å². The van der Waals surface area contributed by atoms with Gasteiger partial charge in [-0.05, 0) is 25.8 Å². The Morgan fingerprint density at radius 3 is 2.70 bits per heavy atom. The molecule has 0 bridgehead atoms. The summed E-state index contributed by atoms with van der Waals surface area (Å²) >= 11 is 5.77. The Hall–Kier alpha value is -1.22. The highest BCUT2D eigenvalue weighted by Crippen LogP contribution is 2.27. The van der Waals surface area contributed by atoms with Crippen molar-refractivity contribution in [3.8, 4) is 5.75 Å². The minimum absolute atomic E-state index is 0.0184. The van der Waals surface area contributed by atoms with Gasteiger partial charge in [-0.1, -0.05) is 31.0 Å². The third-order valence-corrected chi connectivity index (χ3v) is 4.04. The minimum atomic E-state index is 0.0184. The van der Waals surface area contributed by atoms with Crippen LogP contribution in [0.15, 0.2) is 24.3 Å². The normalized spacial score (nSPS) is 15.3. The highest BCUT2D eigenvalue weighted by molar-refractivity contribution is 6.27. The molecule has 1 aromatic carbocycles. The lowest BCUT2D eigenvalue weighted by Crippen LogP contribution is -2.39. The highest BCUT2D eigenvalue weighted by Gasteiger charge is 2.26. The van der Waals surface area contributed by atoms with Crippen molar-refractivity contribution in [2.75, 3.05) is 12.5 Å².